The van der Waals surface area contributed by atoms with Gasteiger partial charge in [-0.3, -0.25) is 4.79 Å². The first kappa shape index (κ1) is 12.4. The van der Waals surface area contributed by atoms with Crippen LogP contribution in [0.3, 0.4) is 0 Å². The molecule has 0 bridgehead atoms. The first-order valence-electron chi connectivity index (χ1n) is 6.35. The number of rotatable bonds is 3. The molecule has 0 aliphatic carbocycles. The summed E-state index contributed by atoms with van der Waals surface area (Å²) in [7, 11) is 0. The smallest absolute Gasteiger partial charge is 0.281 e. The highest BCUT2D eigenvalue weighted by atomic mass is 16.6. The Morgan fingerprint density at radius 1 is 1.35 bits per heavy atom. The van der Waals surface area contributed by atoms with Gasteiger partial charge in [0.25, 0.3) is 5.91 Å². The fraction of sp³-hybridized carbons (Fsp3) is 0.333. The van der Waals surface area contributed by atoms with Gasteiger partial charge < -0.3 is 16.0 Å². The van der Waals surface area contributed by atoms with E-state index in [0.29, 0.717) is 5.69 Å². The average Bonchev–Trinajstić information content (AvgIpc) is 3.10. The predicted octanol–water partition coefficient (Wildman–Crippen LogP) is 0.899. The van der Waals surface area contributed by atoms with E-state index in [2.05, 4.69) is 30.1 Å². The van der Waals surface area contributed by atoms with E-state index in [9.17, 15) is 4.79 Å². The lowest BCUT2D eigenvalue weighted by Gasteiger charge is -2.19. The van der Waals surface area contributed by atoms with Gasteiger partial charge >= 0.3 is 0 Å². The van der Waals surface area contributed by atoms with Crippen molar-refractivity contribution in [1.82, 2.24) is 15.3 Å². The normalized spacial score (nSPS) is 14.5. The molecule has 1 saturated heterocycles. The van der Waals surface area contributed by atoms with Crippen molar-refractivity contribution in [2.45, 2.75) is 12.8 Å². The number of hydrogen-bond donors (Lipinski definition) is 2. The van der Waals surface area contributed by atoms with E-state index in [1.807, 2.05) is 0 Å². The molecule has 2 aromatic rings. The number of nitrogens with two attached hydrogens (primary N) is 1. The number of carbonyl (C=O) groups is 1. The molecule has 104 valence electrons. The Labute approximate surface area is 114 Å². The van der Waals surface area contributed by atoms with Crippen molar-refractivity contribution < 1.29 is 9.42 Å². The zero-order chi connectivity index (χ0) is 13.9. The summed E-state index contributed by atoms with van der Waals surface area (Å²) in [4.78, 5) is 18.5. The van der Waals surface area contributed by atoms with Gasteiger partial charge in [-0.1, -0.05) is 0 Å². The Bertz CT molecular complexity index is 620. The van der Waals surface area contributed by atoms with Gasteiger partial charge in [-0.2, -0.15) is 0 Å². The second-order valence-electron chi connectivity index (χ2n) is 4.52. The summed E-state index contributed by atoms with van der Waals surface area (Å²) in [6.07, 6.45) is 3.96. The van der Waals surface area contributed by atoms with E-state index in [-0.39, 0.29) is 11.5 Å². The van der Waals surface area contributed by atoms with Gasteiger partial charge in [0.05, 0.1) is 5.69 Å². The highest BCUT2D eigenvalue weighted by molar-refractivity contribution is 6.06. The van der Waals surface area contributed by atoms with Crippen LogP contribution in [0.25, 0.3) is 0 Å². The van der Waals surface area contributed by atoms with Crippen molar-refractivity contribution in [2.75, 3.05) is 29.0 Å². The molecule has 8 heteroatoms. The standard InChI is InChI=1S/C12H14N6O2/c13-10-9(16-20-17-10)12(19)15-8-4-3-5-14-11(8)18-6-1-2-7-18/h3-5H,1-2,6-7H2,(H2,13,17)(H,15,19). The fourth-order valence-electron chi connectivity index (χ4n) is 2.21. The molecule has 0 spiro atoms. The molecule has 3 rings (SSSR count). The van der Waals surface area contributed by atoms with Crippen LogP contribution in [-0.4, -0.2) is 34.3 Å². The van der Waals surface area contributed by atoms with Crippen molar-refractivity contribution in [3.63, 3.8) is 0 Å². The number of aromatic nitrogens is 3. The third-order valence-corrected chi connectivity index (χ3v) is 3.17. The van der Waals surface area contributed by atoms with Crippen molar-refractivity contribution in [3.8, 4) is 0 Å². The summed E-state index contributed by atoms with van der Waals surface area (Å²) in [5.41, 5.74) is 6.10. The van der Waals surface area contributed by atoms with E-state index < -0.39 is 5.91 Å². The number of anilines is 3. The highest BCUT2D eigenvalue weighted by Gasteiger charge is 2.21. The van der Waals surface area contributed by atoms with Gasteiger partial charge in [0, 0.05) is 19.3 Å². The molecule has 0 saturated carbocycles. The monoisotopic (exact) mass is 274 g/mol. The third-order valence-electron chi connectivity index (χ3n) is 3.17. The van der Waals surface area contributed by atoms with Crippen molar-refractivity contribution in [3.05, 3.63) is 24.0 Å². The molecule has 3 N–H and O–H groups in total. The molecule has 1 aliphatic heterocycles. The molecule has 1 amide bonds. The Hall–Kier alpha value is -2.64. The van der Waals surface area contributed by atoms with Crippen molar-refractivity contribution in [2.24, 2.45) is 0 Å². The van der Waals surface area contributed by atoms with Crippen LogP contribution in [0.15, 0.2) is 23.0 Å². The van der Waals surface area contributed by atoms with Crippen LogP contribution in [0.5, 0.6) is 0 Å². The van der Waals surface area contributed by atoms with E-state index in [0.717, 1.165) is 31.7 Å². The molecule has 20 heavy (non-hydrogen) atoms. The molecule has 2 aromatic heterocycles. The Kier molecular flexibility index (Phi) is 3.20. The Morgan fingerprint density at radius 2 is 2.15 bits per heavy atom. The molecule has 8 nitrogen and oxygen atoms in total. The van der Waals surface area contributed by atoms with Gasteiger partial charge in [0.2, 0.25) is 11.5 Å². The number of pyridine rings is 1. The maximum Gasteiger partial charge on any atom is 0.281 e. The van der Waals surface area contributed by atoms with Crippen LogP contribution >= 0.6 is 0 Å². The van der Waals surface area contributed by atoms with Crippen LogP contribution in [0, 0.1) is 0 Å². The average molecular weight is 274 g/mol. The largest absolute Gasteiger partial charge is 0.379 e. The van der Waals surface area contributed by atoms with Crippen LogP contribution < -0.4 is 16.0 Å². The lowest BCUT2D eigenvalue weighted by molar-refractivity contribution is 0.101. The minimum atomic E-state index is -0.461. The zero-order valence-corrected chi connectivity index (χ0v) is 10.7. The first-order chi connectivity index (χ1) is 9.75. The molecule has 0 atom stereocenters. The number of carbonyl (C=O) groups excluding carboxylic acids is 1. The fourth-order valence-corrected chi connectivity index (χ4v) is 2.21. The maximum atomic E-state index is 12.1. The van der Waals surface area contributed by atoms with E-state index in [1.54, 1.807) is 18.3 Å². The van der Waals surface area contributed by atoms with Crippen LogP contribution in [-0.2, 0) is 0 Å². The highest BCUT2D eigenvalue weighted by Crippen LogP contribution is 2.26. The molecule has 1 aliphatic rings. The third kappa shape index (κ3) is 2.27. The molecule has 0 radical (unpaired) electrons. The second kappa shape index (κ2) is 5.16. The van der Waals surface area contributed by atoms with E-state index >= 15 is 0 Å². The van der Waals surface area contributed by atoms with Crippen LogP contribution in [0.1, 0.15) is 23.3 Å². The van der Waals surface area contributed by atoms with E-state index in [4.69, 9.17) is 5.73 Å². The lowest BCUT2D eigenvalue weighted by atomic mass is 10.3. The number of nitrogens with zero attached hydrogens (tertiary/aromatic N) is 4. The molecular formula is C12H14N6O2. The molecule has 0 unspecified atom stereocenters. The Morgan fingerprint density at radius 3 is 2.85 bits per heavy atom. The SMILES string of the molecule is Nc1nonc1C(=O)Nc1cccnc1N1CCCC1. The van der Waals surface area contributed by atoms with Crippen LogP contribution in [0.2, 0.25) is 0 Å². The van der Waals surface area contributed by atoms with Gasteiger partial charge in [-0.15, -0.1) is 0 Å². The summed E-state index contributed by atoms with van der Waals surface area (Å²) in [5, 5.41) is 9.61. The maximum absolute atomic E-state index is 12.1. The number of amides is 1. The van der Waals surface area contributed by atoms with Gasteiger partial charge in [-0.25, -0.2) is 9.61 Å². The van der Waals surface area contributed by atoms with E-state index in [1.165, 1.54) is 0 Å². The lowest BCUT2D eigenvalue weighted by Crippen LogP contribution is -2.22. The minimum Gasteiger partial charge on any atom is -0.379 e. The second-order valence-corrected chi connectivity index (χ2v) is 4.52. The minimum absolute atomic E-state index is 0.0266. The first-order valence-corrected chi connectivity index (χ1v) is 6.35. The van der Waals surface area contributed by atoms with Gasteiger partial charge in [0.1, 0.15) is 0 Å². The van der Waals surface area contributed by atoms with Crippen molar-refractivity contribution >= 4 is 23.2 Å². The summed E-state index contributed by atoms with van der Waals surface area (Å²) in [5.74, 6) is 0.264. The molecule has 0 aromatic carbocycles. The molecule has 3 heterocycles. The summed E-state index contributed by atoms with van der Waals surface area (Å²) < 4.78 is 4.42. The predicted molar refractivity (Wildman–Crippen MR) is 72.3 cm³/mol. The quantitative estimate of drug-likeness (QED) is 0.855. The topological polar surface area (TPSA) is 110 Å². The molecular weight excluding hydrogens is 260 g/mol. The van der Waals surface area contributed by atoms with Crippen LogP contribution in [0.4, 0.5) is 17.3 Å². The Balaban J connectivity index is 1.84. The summed E-state index contributed by atoms with van der Waals surface area (Å²) in [6, 6.07) is 3.56. The van der Waals surface area contributed by atoms with Gasteiger partial charge in [0.15, 0.2) is 5.82 Å². The van der Waals surface area contributed by atoms with Crippen molar-refractivity contribution in [1.29, 1.82) is 0 Å². The number of nitrogen functional groups attached to an aromatic ring is 1. The summed E-state index contributed by atoms with van der Waals surface area (Å²) in [6.45, 7) is 1.88. The number of hydrogen-bond acceptors (Lipinski definition) is 7. The zero-order valence-electron chi connectivity index (χ0n) is 10.7. The summed E-state index contributed by atoms with van der Waals surface area (Å²) >= 11 is 0. The number of nitrogens with one attached hydrogen (secondary N) is 1. The molecule has 1 fully saturated rings. The van der Waals surface area contributed by atoms with Gasteiger partial charge in [-0.05, 0) is 35.3 Å².